The average molecular weight is 258 g/mol. The molecule has 98 valence electrons. The van der Waals surface area contributed by atoms with Crippen LogP contribution in [0.5, 0.6) is 0 Å². The van der Waals surface area contributed by atoms with Crippen molar-refractivity contribution in [3.05, 3.63) is 34.7 Å². The van der Waals surface area contributed by atoms with Crippen molar-refractivity contribution in [1.29, 1.82) is 0 Å². The number of hydrogen-bond donors (Lipinski definition) is 3. The van der Waals surface area contributed by atoms with Crippen LogP contribution in [-0.2, 0) is 0 Å². The van der Waals surface area contributed by atoms with Crippen molar-refractivity contribution in [2.45, 2.75) is 19.5 Å². The molecule has 0 radical (unpaired) electrons. The normalized spacial score (nSPS) is 16.5. The minimum Gasteiger partial charge on any atom is -0.370 e. The fourth-order valence-corrected chi connectivity index (χ4v) is 1.66. The van der Waals surface area contributed by atoms with Gasteiger partial charge >= 0.3 is 0 Å². The molecule has 0 spiro atoms. The Hall–Kier alpha value is -2.73. The van der Waals surface area contributed by atoms with E-state index < -0.39 is 5.66 Å². The summed E-state index contributed by atoms with van der Waals surface area (Å²) in [4.78, 5) is 11.2. The van der Waals surface area contributed by atoms with E-state index in [-0.39, 0.29) is 0 Å². The van der Waals surface area contributed by atoms with Crippen LogP contribution in [0.15, 0.2) is 39.4 Å². The van der Waals surface area contributed by atoms with E-state index in [1.807, 2.05) is 19.9 Å². The summed E-state index contributed by atoms with van der Waals surface area (Å²) in [6, 6.07) is 7.02. The molecular formula is C11H14N8. The first-order valence-electron chi connectivity index (χ1n) is 5.63. The molecule has 1 aromatic carbocycles. The molecule has 0 bridgehead atoms. The molecule has 1 aliphatic heterocycles. The van der Waals surface area contributed by atoms with Crippen LogP contribution in [-0.4, -0.2) is 17.6 Å². The second-order valence-corrected chi connectivity index (χ2v) is 4.44. The van der Waals surface area contributed by atoms with E-state index in [9.17, 15) is 0 Å². The highest BCUT2D eigenvalue weighted by Gasteiger charge is 2.21. The van der Waals surface area contributed by atoms with Gasteiger partial charge in [0, 0.05) is 16.3 Å². The van der Waals surface area contributed by atoms with Crippen LogP contribution in [0.2, 0.25) is 0 Å². The monoisotopic (exact) mass is 258 g/mol. The molecule has 8 heteroatoms. The minimum atomic E-state index is -0.611. The Kier molecular flexibility index (Phi) is 3.26. The topological polar surface area (TPSA) is 124 Å². The molecule has 0 saturated heterocycles. The molecule has 2 rings (SSSR count). The maximum atomic E-state index is 8.40. The SMILES string of the molecule is CC1(C)N=C(N)NC(Nc2cccc(N=[N+]=[N-])c2)=N1. The molecule has 4 N–H and O–H groups in total. The van der Waals surface area contributed by atoms with Crippen molar-refractivity contribution in [3.63, 3.8) is 0 Å². The molecule has 0 fully saturated rings. The lowest BCUT2D eigenvalue weighted by molar-refractivity contribution is 0.541. The van der Waals surface area contributed by atoms with Crippen molar-refractivity contribution >= 4 is 23.3 Å². The van der Waals surface area contributed by atoms with Crippen LogP contribution < -0.4 is 16.4 Å². The summed E-state index contributed by atoms with van der Waals surface area (Å²) in [6.45, 7) is 3.69. The molecule has 1 heterocycles. The summed E-state index contributed by atoms with van der Waals surface area (Å²) in [7, 11) is 0. The highest BCUT2D eigenvalue weighted by Crippen LogP contribution is 2.19. The van der Waals surface area contributed by atoms with Gasteiger partial charge in [0.25, 0.3) is 0 Å². The number of aliphatic imine (C=N–C) groups is 2. The molecule has 0 saturated carbocycles. The van der Waals surface area contributed by atoms with E-state index in [0.717, 1.165) is 5.69 Å². The number of guanidine groups is 2. The van der Waals surface area contributed by atoms with Crippen LogP contribution >= 0.6 is 0 Å². The van der Waals surface area contributed by atoms with E-state index >= 15 is 0 Å². The van der Waals surface area contributed by atoms with Gasteiger partial charge in [-0.25, -0.2) is 9.98 Å². The summed E-state index contributed by atoms with van der Waals surface area (Å²) in [5.74, 6) is 0.796. The largest absolute Gasteiger partial charge is 0.370 e. The number of anilines is 1. The maximum absolute atomic E-state index is 8.40. The molecule has 1 aromatic rings. The van der Waals surface area contributed by atoms with Gasteiger partial charge in [0.2, 0.25) is 5.96 Å². The smallest absolute Gasteiger partial charge is 0.205 e. The lowest BCUT2D eigenvalue weighted by atomic mass is 10.2. The minimum absolute atomic E-state index is 0.300. The molecule has 0 amide bonds. The molecule has 0 aromatic heterocycles. The molecule has 8 nitrogen and oxygen atoms in total. The lowest BCUT2D eigenvalue weighted by Crippen LogP contribution is -2.47. The molecule has 1 aliphatic rings. The highest BCUT2D eigenvalue weighted by molar-refractivity contribution is 6.06. The zero-order valence-corrected chi connectivity index (χ0v) is 10.6. The number of azide groups is 1. The summed E-state index contributed by atoms with van der Waals surface area (Å²) in [6.07, 6.45) is 0. The van der Waals surface area contributed by atoms with E-state index in [2.05, 4.69) is 30.6 Å². The Morgan fingerprint density at radius 1 is 1.42 bits per heavy atom. The van der Waals surface area contributed by atoms with Gasteiger partial charge in [-0.15, -0.1) is 0 Å². The van der Waals surface area contributed by atoms with Gasteiger partial charge in [-0.3, -0.25) is 5.32 Å². The van der Waals surface area contributed by atoms with Crippen molar-refractivity contribution in [1.82, 2.24) is 5.32 Å². The fourth-order valence-electron chi connectivity index (χ4n) is 1.66. The second kappa shape index (κ2) is 4.87. The third kappa shape index (κ3) is 3.36. The summed E-state index contributed by atoms with van der Waals surface area (Å²) in [5.41, 5.74) is 14.7. The standard InChI is InChI=1S/C11H14N8/c1-11(2)16-9(12)15-10(17-11)14-7-4-3-5-8(6-7)18-19-13/h3-6H,1-2H3,(H4,12,14,15,16,17). The van der Waals surface area contributed by atoms with Crippen LogP contribution in [0.4, 0.5) is 11.4 Å². The van der Waals surface area contributed by atoms with Gasteiger partial charge in [-0.1, -0.05) is 17.2 Å². The Labute approximate surface area is 110 Å². The van der Waals surface area contributed by atoms with Crippen molar-refractivity contribution in [2.75, 3.05) is 5.32 Å². The highest BCUT2D eigenvalue weighted by atomic mass is 15.3. The Morgan fingerprint density at radius 2 is 2.21 bits per heavy atom. The first-order chi connectivity index (χ1) is 8.98. The maximum Gasteiger partial charge on any atom is 0.205 e. The zero-order chi connectivity index (χ0) is 13.9. The van der Waals surface area contributed by atoms with E-state index in [1.54, 1.807) is 18.2 Å². The molecule has 0 atom stereocenters. The predicted octanol–water partition coefficient (Wildman–Crippen LogP) is 2.05. The number of nitrogens with zero attached hydrogens (tertiary/aromatic N) is 5. The lowest BCUT2D eigenvalue weighted by Gasteiger charge is -2.24. The molecular weight excluding hydrogens is 244 g/mol. The number of benzene rings is 1. The van der Waals surface area contributed by atoms with Gasteiger partial charge < -0.3 is 11.1 Å². The van der Waals surface area contributed by atoms with Crippen molar-refractivity contribution in [2.24, 2.45) is 20.8 Å². The number of hydrogen-bond acceptors (Lipinski definition) is 6. The quantitative estimate of drug-likeness (QED) is 0.427. The van der Waals surface area contributed by atoms with Crippen LogP contribution in [0.25, 0.3) is 10.4 Å². The fraction of sp³-hybridized carbons (Fsp3) is 0.273. The van der Waals surface area contributed by atoms with E-state index in [4.69, 9.17) is 11.3 Å². The number of rotatable bonds is 2. The van der Waals surface area contributed by atoms with Crippen molar-refractivity contribution < 1.29 is 0 Å². The van der Waals surface area contributed by atoms with Crippen LogP contribution in [0, 0.1) is 0 Å². The summed E-state index contributed by atoms with van der Waals surface area (Å²) in [5, 5.41) is 9.43. The zero-order valence-electron chi connectivity index (χ0n) is 10.6. The van der Waals surface area contributed by atoms with E-state index in [1.165, 1.54) is 0 Å². The van der Waals surface area contributed by atoms with Gasteiger partial charge in [0.15, 0.2) is 11.6 Å². The third-order valence-corrected chi connectivity index (χ3v) is 2.30. The van der Waals surface area contributed by atoms with Crippen LogP contribution in [0.1, 0.15) is 13.8 Å². The Bertz CT molecular complexity index is 594. The average Bonchev–Trinajstić information content (AvgIpc) is 2.26. The van der Waals surface area contributed by atoms with Gasteiger partial charge in [-0.05, 0) is 31.5 Å². The predicted molar refractivity (Wildman–Crippen MR) is 75.1 cm³/mol. The van der Waals surface area contributed by atoms with Gasteiger partial charge in [0.1, 0.15) is 0 Å². The van der Waals surface area contributed by atoms with Gasteiger partial charge in [0.05, 0.1) is 0 Å². The Balaban J connectivity index is 2.20. The number of nitrogens with two attached hydrogens (primary N) is 1. The molecule has 0 unspecified atom stereocenters. The van der Waals surface area contributed by atoms with Gasteiger partial charge in [-0.2, -0.15) is 0 Å². The van der Waals surface area contributed by atoms with E-state index in [0.29, 0.717) is 17.6 Å². The Morgan fingerprint density at radius 3 is 2.89 bits per heavy atom. The first-order valence-corrected chi connectivity index (χ1v) is 5.63. The summed E-state index contributed by atoms with van der Waals surface area (Å²) >= 11 is 0. The molecule has 0 aliphatic carbocycles. The van der Waals surface area contributed by atoms with Crippen LogP contribution in [0.3, 0.4) is 0 Å². The molecule has 19 heavy (non-hydrogen) atoms. The second-order valence-electron chi connectivity index (χ2n) is 4.44. The first kappa shape index (κ1) is 12.7. The number of nitrogens with one attached hydrogen (secondary N) is 2. The van der Waals surface area contributed by atoms with Crippen molar-refractivity contribution in [3.8, 4) is 0 Å². The third-order valence-electron chi connectivity index (χ3n) is 2.30. The summed E-state index contributed by atoms with van der Waals surface area (Å²) < 4.78 is 0.